The molecule has 0 saturated carbocycles. The molecule has 0 amide bonds. The minimum atomic E-state index is -0.961. The van der Waals surface area contributed by atoms with Gasteiger partial charge in [-0.1, -0.05) is 42.5 Å². The summed E-state index contributed by atoms with van der Waals surface area (Å²) in [5, 5.41) is 8.44. The lowest BCUT2D eigenvalue weighted by Crippen LogP contribution is -2.07. The zero-order valence-corrected chi connectivity index (χ0v) is 11.7. The fourth-order valence-electron chi connectivity index (χ4n) is 1.90. The van der Waals surface area contributed by atoms with Gasteiger partial charge in [0, 0.05) is 11.6 Å². The normalized spacial score (nSPS) is 14.2. The van der Waals surface area contributed by atoms with E-state index in [1.807, 2.05) is 36.4 Å². The molecule has 0 aliphatic carbocycles. The molecule has 21 heavy (non-hydrogen) atoms. The predicted molar refractivity (Wildman–Crippen MR) is 81.5 cm³/mol. The first kappa shape index (κ1) is 14.7. The summed E-state index contributed by atoms with van der Waals surface area (Å²) in [6, 6.07) is 5.75. The maximum Gasteiger partial charge on any atom is 0.328 e. The van der Waals surface area contributed by atoms with Gasteiger partial charge >= 0.3 is 5.97 Å². The molecule has 1 aliphatic rings. The molecule has 0 bridgehead atoms. The number of fused-ring (bicyclic) bond motifs is 1. The van der Waals surface area contributed by atoms with E-state index in [9.17, 15) is 4.79 Å². The van der Waals surface area contributed by atoms with E-state index in [1.165, 1.54) is 6.08 Å². The summed E-state index contributed by atoms with van der Waals surface area (Å²) < 4.78 is 11.0. The second kappa shape index (κ2) is 7.14. The number of aliphatic carboxylic acids is 1. The zero-order valence-electron chi connectivity index (χ0n) is 11.7. The molecule has 4 nitrogen and oxygen atoms in total. The van der Waals surface area contributed by atoms with Crippen LogP contribution in [0.25, 0.3) is 6.08 Å². The smallest absolute Gasteiger partial charge is 0.328 e. The average Bonchev–Trinajstić information content (AvgIpc) is 2.49. The molecule has 0 aromatic heterocycles. The third-order valence-electron chi connectivity index (χ3n) is 2.84. The lowest BCUT2D eigenvalue weighted by Gasteiger charge is -2.18. The van der Waals surface area contributed by atoms with Crippen molar-refractivity contribution in [3.8, 4) is 11.5 Å². The molecule has 1 heterocycles. The van der Waals surface area contributed by atoms with Gasteiger partial charge in [0.05, 0.1) is 7.11 Å². The van der Waals surface area contributed by atoms with Crippen molar-refractivity contribution in [2.24, 2.45) is 0 Å². The minimum absolute atomic E-state index is 0.475. The van der Waals surface area contributed by atoms with Gasteiger partial charge in [0.2, 0.25) is 0 Å². The number of ether oxygens (including phenoxy) is 2. The number of hydrogen-bond acceptors (Lipinski definition) is 3. The Morgan fingerprint density at radius 3 is 2.86 bits per heavy atom. The summed E-state index contributed by atoms with van der Waals surface area (Å²) in [7, 11) is 1.62. The quantitative estimate of drug-likeness (QED) is 0.666. The molecule has 1 aliphatic heterocycles. The van der Waals surface area contributed by atoms with E-state index < -0.39 is 5.97 Å². The van der Waals surface area contributed by atoms with Gasteiger partial charge in [-0.25, -0.2) is 4.79 Å². The zero-order chi connectivity index (χ0) is 15.1. The molecule has 2 rings (SSSR count). The van der Waals surface area contributed by atoms with E-state index in [2.05, 4.69) is 0 Å². The number of carboxylic acids is 1. The second-order valence-electron chi connectivity index (χ2n) is 4.33. The molecule has 1 aromatic rings. The van der Waals surface area contributed by atoms with Gasteiger partial charge in [0.15, 0.2) is 11.5 Å². The Balaban J connectivity index is 2.05. The van der Waals surface area contributed by atoms with Gasteiger partial charge in [-0.05, 0) is 17.7 Å². The van der Waals surface area contributed by atoms with Crippen LogP contribution in [0.4, 0.5) is 0 Å². The summed E-state index contributed by atoms with van der Waals surface area (Å²) in [5.74, 6) is 0.528. The monoisotopic (exact) mass is 284 g/mol. The highest BCUT2D eigenvalue weighted by Gasteiger charge is 2.13. The van der Waals surface area contributed by atoms with Crippen molar-refractivity contribution in [1.82, 2.24) is 0 Å². The Labute approximate surface area is 123 Å². The number of hydrogen-bond donors (Lipinski definition) is 1. The predicted octanol–water partition coefficient (Wildman–Crippen LogP) is 3.22. The van der Waals surface area contributed by atoms with Crippen molar-refractivity contribution >= 4 is 12.0 Å². The maximum absolute atomic E-state index is 10.3. The van der Waals surface area contributed by atoms with Crippen molar-refractivity contribution in [2.45, 2.75) is 0 Å². The number of carbonyl (C=O) groups is 1. The standard InChI is InChI=1S/C17H16O4/c1-20-15-9-6-8-14-11-13(12-21-17(14)15)7-4-2-3-5-10-16(18)19/h2-11H,12H2,1H3,(H,18,19)/b3-2+,7-4+,10-5+. The maximum atomic E-state index is 10.3. The highest BCUT2D eigenvalue weighted by atomic mass is 16.5. The number of methoxy groups -OCH3 is 1. The number of benzene rings is 1. The molecular formula is C17H16O4. The van der Waals surface area contributed by atoms with Crippen molar-refractivity contribution in [3.63, 3.8) is 0 Å². The largest absolute Gasteiger partial charge is 0.493 e. The molecule has 0 radical (unpaired) electrons. The topological polar surface area (TPSA) is 55.8 Å². The van der Waals surface area contributed by atoms with E-state index in [0.717, 1.165) is 28.7 Å². The van der Waals surface area contributed by atoms with Gasteiger partial charge in [-0.2, -0.15) is 0 Å². The summed E-state index contributed by atoms with van der Waals surface area (Å²) in [6.07, 6.45) is 11.8. The van der Waals surface area contributed by atoms with E-state index in [-0.39, 0.29) is 0 Å². The third kappa shape index (κ3) is 4.11. The molecule has 0 atom stereocenters. The van der Waals surface area contributed by atoms with Crippen LogP contribution in [0, 0.1) is 0 Å². The first-order valence-electron chi connectivity index (χ1n) is 6.45. The van der Waals surface area contributed by atoms with Gasteiger partial charge in [0.25, 0.3) is 0 Å². The van der Waals surface area contributed by atoms with Crippen molar-refractivity contribution in [1.29, 1.82) is 0 Å². The first-order chi connectivity index (χ1) is 10.2. The van der Waals surface area contributed by atoms with Crippen LogP contribution in [0.1, 0.15) is 5.56 Å². The van der Waals surface area contributed by atoms with Crippen LogP contribution >= 0.6 is 0 Å². The molecule has 0 saturated heterocycles. The Hall–Kier alpha value is -2.75. The summed E-state index contributed by atoms with van der Waals surface area (Å²) in [6.45, 7) is 0.475. The van der Waals surface area contributed by atoms with Crippen LogP contribution in [0.15, 0.2) is 60.2 Å². The van der Waals surface area contributed by atoms with Crippen LogP contribution in [0.5, 0.6) is 11.5 Å². The van der Waals surface area contributed by atoms with Crippen LogP contribution in [-0.4, -0.2) is 24.8 Å². The lowest BCUT2D eigenvalue weighted by atomic mass is 10.1. The molecule has 1 aromatic carbocycles. The number of para-hydroxylation sites is 1. The Morgan fingerprint density at radius 1 is 1.29 bits per heavy atom. The average molecular weight is 284 g/mol. The van der Waals surface area contributed by atoms with Gasteiger partial charge in [-0.3, -0.25) is 0 Å². The van der Waals surface area contributed by atoms with Crippen molar-refractivity contribution in [3.05, 3.63) is 65.8 Å². The van der Waals surface area contributed by atoms with E-state index in [0.29, 0.717) is 6.61 Å². The van der Waals surface area contributed by atoms with Crippen LogP contribution in [0.3, 0.4) is 0 Å². The fraction of sp³-hybridized carbons (Fsp3) is 0.118. The van der Waals surface area contributed by atoms with Crippen LogP contribution in [0.2, 0.25) is 0 Å². The number of allylic oxidation sites excluding steroid dienone is 4. The molecular weight excluding hydrogens is 268 g/mol. The lowest BCUT2D eigenvalue weighted by molar-refractivity contribution is -0.131. The molecule has 4 heteroatoms. The molecule has 0 fully saturated rings. The molecule has 108 valence electrons. The van der Waals surface area contributed by atoms with Gasteiger partial charge in [-0.15, -0.1) is 0 Å². The second-order valence-corrected chi connectivity index (χ2v) is 4.33. The van der Waals surface area contributed by atoms with Crippen molar-refractivity contribution < 1.29 is 19.4 Å². The van der Waals surface area contributed by atoms with E-state index in [1.54, 1.807) is 19.3 Å². The SMILES string of the molecule is COc1cccc2c1OCC(/C=C/C=C/C=C/C(=O)O)=C2. The third-order valence-corrected chi connectivity index (χ3v) is 2.84. The molecule has 0 unspecified atom stereocenters. The summed E-state index contributed by atoms with van der Waals surface area (Å²) >= 11 is 0. The molecule has 1 N–H and O–H groups in total. The van der Waals surface area contributed by atoms with Gasteiger partial charge < -0.3 is 14.6 Å². The fourth-order valence-corrected chi connectivity index (χ4v) is 1.90. The minimum Gasteiger partial charge on any atom is -0.493 e. The summed E-state index contributed by atoms with van der Waals surface area (Å²) in [5.41, 5.74) is 2.01. The Kier molecular flexibility index (Phi) is 4.99. The highest BCUT2D eigenvalue weighted by molar-refractivity contribution is 5.80. The Bertz CT molecular complexity index is 636. The van der Waals surface area contributed by atoms with E-state index >= 15 is 0 Å². The van der Waals surface area contributed by atoms with Gasteiger partial charge in [0.1, 0.15) is 6.61 Å². The number of carboxylic acid groups (broad SMARTS) is 1. The number of rotatable bonds is 5. The summed E-state index contributed by atoms with van der Waals surface area (Å²) in [4.78, 5) is 10.3. The van der Waals surface area contributed by atoms with Crippen LogP contribution < -0.4 is 9.47 Å². The highest BCUT2D eigenvalue weighted by Crippen LogP contribution is 2.35. The molecule has 0 spiro atoms. The first-order valence-corrected chi connectivity index (χ1v) is 6.45. The van der Waals surface area contributed by atoms with E-state index in [4.69, 9.17) is 14.6 Å². The van der Waals surface area contributed by atoms with Crippen LogP contribution in [-0.2, 0) is 4.79 Å². The Morgan fingerprint density at radius 2 is 2.10 bits per heavy atom. The van der Waals surface area contributed by atoms with Crippen molar-refractivity contribution in [2.75, 3.05) is 13.7 Å².